The first-order valence-corrected chi connectivity index (χ1v) is 9.88. The molecule has 1 saturated heterocycles. The van der Waals surface area contributed by atoms with E-state index in [2.05, 4.69) is 15.6 Å². The highest BCUT2D eigenvalue weighted by atomic mass is 16.5. The molecular formula is C20H29N3O4. The average molecular weight is 375 g/mol. The summed E-state index contributed by atoms with van der Waals surface area (Å²) in [6.07, 6.45) is 8.64. The molecule has 0 spiro atoms. The van der Waals surface area contributed by atoms with Crippen LogP contribution in [-0.2, 0) is 20.7 Å². The SMILES string of the molecule is O=C(Cc1ccncc1)NCC[C@H]1CC[C@H](NC(=O)C2CCC2)[C@H](CO)O1. The third kappa shape index (κ3) is 5.74. The summed E-state index contributed by atoms with van der Waals surface area (Å²) in [5, 5.41) is 15.6. The van der Waals surface area contributed by atoms with E-state index in [9.17, 15) is 14.7 Å². The molecule has 3 rings (SSSR count). The Labute approximate surface area is 159 Å². The molecule has 2 aliphatic rings. The van der Waals surface area contributed by atoms with Crippen molar-refractivity contribution in [3.05, 3.63) is 30.1 Å². The highest BCUT2D eigenvalue weighted by molar-refractivity contribution is 5.79. The van der Waals surface area contributed by atoms with Gasteiger partial charge in [-0.05, 0) is 49.8 Å². The fraction of sp³-hybridized carbons (Fsp3) is 0.650. The fourth-order valence-electron chi connectivity index (χ4n) is 3.60. The van der Waals surface area contributed by atoms with Crippen molar-refractivity contribution in [2.45, 2.75) is 63.2 Å². The number of aliphatic hydroxyl groups is 1. The zero-order chi connectivity index (χ0) is 19.1. The predicted molar refractivity (Wildman–Crippen MR) is 99.8 cm³/mol. The fourth-order valence-corrected chi connectivity index (χ4v) is 3.60. The summed E-state index contributed by atoms with van der Waals surface area (Å²) in [7, 11) is 0. The van der Waals surface area contributed by atoms with Gasteiger partial charge in [-0.15, -0.1) is 0 Å². The van der Waals surface area contributed by atoms with Crippen molar-refractivity contribution < 1.29 is 19.4 Å². The number of pyridine rings is 1. The van der Waals surface area contributed by atoms with Gasteiger partial charge >= 0.3 is 0 Å². The van der Waals surface area contributed by atoms with E-state index in [1.165, 1.54) is 0 Å². The van der Waals surface area contributed by atoms with E-state index in [-0.39, 0.29) is 42.6 Å². The Bertz CT molecular complexity index is 621. The lowest BCUT2D eigenvalue weighted by Crippen LogP contribution is -2.53. The number of ether oxygens (including phenoxy) is 1. The number of nitrogens with zero attached hydrogens (tertiary/aromatic N) is 1. The van der Waals surface area contributed by atoms with Crippen molar-refractivity contribution in [2.24, 2.45) is 5.92 Å². The van der Waals surface area contributed by atoms with Crippen molar-refractivity contribution in [3.63, 3.8) is 0 Å². The molecule has 2 amide bonds. The van der Waals surface area contributed by atoms with Gasteiger partial charge in [-0.3, -0.25) is 14.6 Å². The van der Waals surface area contributed by atoms with Crippen molar-refractivity contribution in [1.82, 2.24) is 15.6 Å². The molecule has 1 aromatic rings. The third-order valence-corrected chi connectivity index (χ3v) is 5.50. The summed E-state index contributed by atoms with van der Waals surface area (Å²) < 4.78 is 5.96. The molecule has 1 aliphatic heterocycles. The van der Waals surface area contributed by atoms with Crippen molar-refractivity contribution in [2.75, 3.05) is 13.2 Å². The topological polar surface area (TPSA) is 101 Å². The maximum atomic E-state index is 12.1. The van der Waals surface area contributed by atoms with E-state index in [0.29, 0.717) is 19.4 Å². The molecule has 3 atom stereocenters. The van der Waals surface area contributed by atoms with E-state index in [4.69, 9.17) is 4.74 Å². The molecule has 1 aromatic heterocycles. The van der Waals surface area contributed by atoms with Crippen molar-refractivity contribution in [3.8, 4) is 0 Å². The second-order valence-corrected chi connectivity index (χ2v) is 7.47. The Hall–Kier alpha value is -1.99. The number of carbonyl (C=O) groups excluding carboxylic acids is 2. The van der Waals surface area contributed by atoms with Crippen LogP contribution in [0, 0.1) is 5.92 Å². The Kier molecular flexibility index (Phi) is 7.18. The highest BCUT2D eigenvalue weighted by Crippen LogP contribution is 2.28. The van der Waals surface area contributed by atoms with Gasteiger partial charge in [0.1, 0.15) is 6.10 Å². The summed E-state index contributed by atoms with van der Waals surface area (Å²) in [5.74, 6) is 0.203. The zero-order valence-electron chi connectivity index (χ0n) is 15.6. The number of nitrogens with one attached hydrogen (secondary N) is 2. The van der Waals surface area contributed by atoms with Gasteiger partial charge in [-0.2, -0.15) is 0 Å². The van der Waals surface area contributed by atoms with Crippen LogP contribution >= 0.6 is 0 Å². The Morgan fingerprint density at radius 2 is 1.96 bits per heavy atom. The van der Waals surface area contributed by atoms with Crippen LogP contribution in [0.4, 0.5) is 0 Å². The van der Waals surface area contributed by atoms with Crippen molar-refractivity contribution >= 4 is 11.8 Å². The van der Waals surface area contributed by atoms with Gasteiger partial charge in [0.2, 0.25) is 11.8 Å². The molecule has 0 aromatic carbocycles. The molecule has 7 nitrogen and oxygen atoms in total. The summed E-state index contributed by atoms with van der Waals surface area (Å²) in [6, 6.07) is 3.53. The van der Waals surface area contributed by atoms with E-state index in [0.717, 1.165) is 37.7 Å². The minimum Gasteiger partial charge on any atom is -0.394 e. The second-order valence-electron chi connectivity index (χ2n) is 7.47. The first-order chi connectivity index (χ1) is 13.2. The quantitative estimate of drug-likeness (QED) is 0.628. The van der Waals surface area contributed by atoms with Crippen LogP contribution in [0.5, 0.6) is 0 Å². The third-order valence-electron chi connectivity index (χ3n) is 5.50. The van der Waals surface area contributed by atoms with Crippen LogP contribution in [0.1, 0.15) is 44.1 Å². The summed E-state index contributed by atoms with van der Waals surface area (Å²) in [6.45, 7) is 0.423. The molecule has 0 bridgehead atoms. The first-order valence-electron chi connectivity index (χ1n) is 9.88. The number of hydrogen-bond donors (Lipinski definition) is 3. The van der Waals surface area contributed by atoms with Gasteiger partial charge < -0.3 is 20.5 Å². The van der Waals surface area contributed by atoms with Crippen molar-refractivity contribution in [1.29, 1.82) is 0 Å². The minimum atomic E-state index is -0.375. The number of rotatable bonds is 8. The first kappa shape index (κ1) is 19.8. The van der Waals surface area contributed by atoms with Crippen LogP contribution in [0.3, 0.4) is 0 Å². The maximum Gasteiger partial charge on any atom is 0.224 e. The highest BCUT2D eigenvalue weighted by Gasteiger charge is 2.34. The average Bonchev–Trinajstić information content (AvgIpc) is 2.62. The van der Waals surface area contributed by atoms with Gasteiger partial charge in [0.25, 0.3) is 0 Å². The summed E-state index contributed by atoms with van der Waals surface area (Å²) >= 11 is 0. The van der Waals surface area contributed by atoms with Crippen LogP contribution < -0.4 is 10.6 Å². The summed E-state index contributed by atoms with van der Waals surface area (Å²) in [5.41, 5.74) is 0.932. The molecule has 3 N–H and O–H groups in total. The standard InChI is InChI=1S/C20H29N3O4/c24-13-18-17(23-20(26)15-2-1-3-15)5-4-16(27-18)8-11-22-19(25)12-14-6-9-21-10-7-14/h6-7,9-10,15-18,24H,1-5,8,11-13H2,(H,22,25)(H,23,26)/t16-,17+,18+/m1/s1. The molecular weight excluding hydrogens is 346 g/mol. The largest absolute Gasteiger partial charge is 0.394 e. The normalized spacial score (nSPS) is 25.4. The van der Waals surface area contributed by atoms with Gasteiger partial charge in [0.15, 0.2) is 0 Å². The predicted octanol–water partition coefficient (Wildman–Crippen LogP) is 0.955. The maximum absolute atomic E-state index is 12.1. The Morgan fingerprint density at radius 3 is 2.63 bits per heavy atom. The van der Waals surface area contributed by atoms with Crippen LogP contribution in [0.25, 0.3) is 0 Å². The summed E-state index contributed by atoms with van der Waals surface area (Å²) in [4.78, 5) is 28.1. The molecule has 27 heavy (non-hydrogen) atoms. The van der Waals surface area contributed by atoms with Gasteiger partial charge in [0.05, 0.1) is 25.2 Å². The van der Waals surface area contributed by atoms with Crippen LogP contribution in [0.15, 0.2) is 24.5 Å². The Balaban J connectivity index is 1.36. The lowest BCUT2D eigenvalue weighted by atomic mass is 9.84. The zero-order valence-corrected chi connectivity index (χ0v) is 15.6. The lowest BCUT2D eigenvalue weighted by molar-refractivity contribution is -0.134. The molecule has 0 unspecified atom stereocenters. The van der Waals surface area contributed by atoms with Gasteiger partial charge in [-0.25, -0.2) is 0 Å². The van der Waals surface area contributed by atoms with E-state index >= 15 is 0 Å². The number of amides is 2. The number of aromatic nitrogens is 1. The molecule has 1 saturated carbocycles. The molecule has 0 radical (unpaired) electrons. The molecule has 2 fully saturated rings. The van der Waals surface area contributed by atoms with Gasteiger partial charge in [-0.1, -0.05) is 6.42 Å². The second kappa shape index (κ2) is 9.80. The lowest BCUT2D eigenvalue weighted by Gasteiger charge is -2.37. The smallest absolute Gasteiger partial charge is 0.224 e. The molecule has 1 aliphatic carbocycles. The van der Waals surface area contributed by atoms with E-state index in [1.807, 2.05) is 12.1 Å². The van der Waals surface area contributed by atoms with E-state index < -0.39 is 0 Å². The van der Waals surface area contributed by atoms with Gasteiger partial charge in [0, 0.05) is 24.9 Å². The minimum absolute atomic E-state index is 0.0137. The van der Waals surface area contributed by atoms with Crippen LogP contribution in [0.2, 0.25) is 0 Å². The molecule has 148 valence electrons. The van der Waals surface area contributed by atoms with Crippen LogP contribution in [-0.4, -0.2) is 53.3 Å². The molecule has 2 heterocycles. The number of hydrogen-bond acceptors (Lipinski definition) is 5. The number of aliphatic hydroxyl groups excluding tert-OH is 1. The number of carbonyl (C=O) groups is 2. The Morgan fingerprint density at radius 1 is 1.19 bits per heavy atom. The van der Waals surface area contributed by atoms with E-state index in [1.54, 1.807) is 12.4 Å². The monoisotopic (exact) mass is 375 g/mol. The molecule has 7 heteroatoms.